The third-order valence-corrected chi connectivity index (χ3v) is 3.60. The maximum Gasteiger partial charge on any atom is 0.312 e. The van der Waals surface area contributed by atoms with Gasteiger partial charge in [0.25, 0.3) is 0 Å². The molecule has 1 unspecified atom stereocenters. The monoisotopic (exact) mass is 258 g/mol. The molecular weight excluding hydrogens is 240 g/mol. The van der Waals surface area contributed by atoms with Crippen molar-refractivity contribution < 1.29 is 9.90 Å². The lowest BCUT2D eigenvalue weighted by molar-refractivity contribution is -0.139. The van der Waals surface area contributed by atoms with Gasteiger partial charge in [0.1, 0.15) is 5.92 Å². The van der Waals surface area contributed by atoms with Gasteiger partial charge in [0.05, 0.1) is 12.2 Å². The van der Waals surface area contributed by atoms with Crippen LogP contribution in [-0.4, -0.2) is 20.9 Å². The highest BCUT2D eigenvalue weighted by Crippen LogP contribution is 2.20. The molecule has 0 aliphatic heterocycles. The lowest BCUT2D eigenvalue weighted by Crippen LogP contribution is -2.19. The zero-order chi connectivity index (χ0) is 14.0. The minimum atomic E-state index is -0.823. The number of aryl methyl sites for hydroxylation is 1. The third-order valence-electron chi connectivity index (χ3n) is 3.60. The van der Waals surface area contributed by atoms with E-state index in [1.54, 1.807) is 4.68 Å². The number of carbonyl (C=O) groups is 1. The zero-order valence-corrected chi connectivity index (χ0v) is 11.4. The molecule has 1 heterocycles. The second-order valence-corrected chi connectivity index (χ2v) is 4.78. The molecule has 0 aliphatic carbocycles. The fourth-order valence-corrected chi connectivity index (χ4v) is 2.15. The van der Waals surface area contributed by atoms with Crippen LogP contribution < -0.4 is 0 Å². The van der Waals surface area contributed by atoms with Gasteiger partial charge in [-0.15, -0.1) is 0 Å². The van der Waals surface area contributed by atoms with Crippen LogP contribution in [0, 0.1) is 20.8 Å². The predicted octanol–water partition coefficient (Wildman–Crippen LogP) is 2.68. The van der Waals surface area contributed by atoms with Crippen molar-refractivity contribution in [1.29, 1.82) is 0 Å². The minimum Gasteiger partial charge on any atom is -0.481 e. The van der Waals surface area contributed by atoms with E-state index in [2.05, 4.69) is 5.10 Å². The molecule has 0 fully saturated rings. The molecule has 0 saturated carbocycles. The van der Waals surface area contributed by atoms with Gasteiger partial charge in [0.2, 0.25) is 0 Å². The van der Waals surface area contributed by atoms with Crippen LogP contribution in [0.5, 0.6) is 0 Å². The molecule has 2 rings (SSSR count). The first kappa shape index (κ1) is 13.3. The topological polar surface area (TPSA) is 55.1 Å². The SMILES string of the molecule is Cc1nn(CC(C(=O)O)c2ccccc2)c(C)c1C. The zero-order valence-electron chi connectivity index (χ0n) is 11.4. The fraction of sp³-hybridized carbons (Fsp3) is 0.333. The number of rotatable bonds is 4. The normalized spacial score (nSPS) is 12.4. The molecular formula is C15H18N2O2. The number of aromatic nitrogens is 2. The van der Waals surface area contributed by atoms with Gasteiger partial charge >= 0.3 is 5.97 Å². The summed E-state index contributed by atoms with van der Waals surface area (Å²) in [5.41, 5.74) is 3.91. The number of hydrogen-bond donors (Lipinski definition) is 1. The Morgan fingerprint density at radius 1 is 1.26 bits per heavy atom. The van der Waals surface area contributed by atoms with E-state index in [4.69, 9.17) is 0 Å². The number of benzene rings is 1. The number of carboxylic acids is 1. The molecule has 0 bridgehead atoms. The van der Waals surface area contributed by atoms with Gasteiger partial charge < -0.3 is 5.11 Å². The molecule has 1 aromatic heterocycles. The summed E-state index contributed by atoms with van der Waals surface area (Å²) in [5.74, 6) is -1.39. The van der Waals surface area contributed by atoms with Gasteiger partial charge in [-0.2, -0.15) is 5.10 Å². The van der Waals surface area contributed by atoms with E-state index in [1.807, 2.05) is 51.1 Å². The Labute approximate surface area is 112 Å². The summed E-state index contributed by atoms with van der Waals surface area (Å²) in [6.07, 6.45) is 0. The van der Waals surface area contributed by atoms with Gasteiger partial charge in [0.15, 0.2) is 0 Å². The molecule has 0 spiro atoms. The number of aliphatic carboxylic acids is 1. The van der Waals surface area contributed by atoms with E-state index in [0.717, 1.165) is 22.5 Å². The Morgan fingerprint density at radius 3 is 2.37 bits per heavy atom. The predicted molar refractivity (Wildman–Crippen MR) is 73.3 cm³/mol. The van der Waals surface area contributed by atoms with Crippen LogP contribution >= 0.6 is 0 Å². The van der Waals surface area contributed by atoms with Crippen molar-refractivity contribution in [2.75, 3.05) is 0 Å². The summed E-state index contributed by atoms with van der Waals surface area (Å²) in [7, 11) is 0. The maximum atomic E-state index is 11.5. The number of carboxylic acid groups (broad SMARTS) is 1. The summed E-state index contributed by atoms with van der Waals surface area (Å²) in [4.78, 5) is 11.5. The lowest BCUT2D eigenvalue weighted by Gasteiger charge is -2.14. The van der Waals surface area contributed by atoms with Crippen molar-refractivity contribution in [3.05, 3.63) is 52.8 Å². The van der Waals surface area contributed by atoms with Gasteiger partial charge in [-0.25, -0.2) is 0 Å². The van der Waals surface area contributed by atoms with Crippen LogP contribution in [0.1, 0.15) is 28.4 Å². The van der Waals surface area contributed by atoms with Crippen molar-refractivity contribution >= 4 is 5.97 Å². The van der Waals surface area contributed by atoms with Crippen molar-refractivity contribution in [1.82, 2.24) is 9.78 Å². The average Bonchev–Trinajstić information content (AvgIpc) is 2.64. The first-order valence-corrected chi connectivity index (χ1v) is 6.29. The molecule has 19 heavy (non-hydrogen) atoms. The average molecular weight is 258 g/mol. The van der Waals surface area contributed by atoms with Gasteiger partial charge in [-0.3, -0.25) is 9.48 Å². The van der Waals surface area contributed by atoms with Crippen LogP contribution in [0.25, 0.3) is 0 Å². The van der Waals surface area contributed by atoms with Gasteiger partial charge in [0, 0.05) is 5.69 Å². The Bertz CT molecular complexity index is 588. The summed E-state index contributed by atoms with van der Waals surface area (Å²) in [6, 6.07) is 9.29. The van der Waals surface area contributed by atoms with Crippen molar-refractivity contribution in [2.45, 2.75) is 33.2 Å². The summed E-state index contributed by atoms with van der Waals surface area (Å²) in [6.45, 7) is 6.28. The number of nitrogens with zero attached hydrogens (tertiary/aromatic N) is 2. The minimum absolute atomic E-state index is 0.361. The van der Waals surface area contributed by atoms with Gasteiger partial charge in [-0.1, -0.05) is 30.3 Å². The molecule has 0 radical (unpaired) electrons. The highest BCUT2D eigenvalue weighted by molar-refractivity contribution is 5.75. The van der Waals surface area contributed by atoms with Crippen LogP contribution in [0.2, 0.25) is 0 Å². The standard InChI is InChI=1S/C15H18N2O2/c1-10-11(2)16-17(12(10)3)9-14(15(18)19)13-7-5-4-6-8-13/h4-8,14H,9H2,1-3H3,(H,18,19). The first-order chi connectivity index (χ1) is 9.00. The molecule has 0 saturated heterocycles. The molecule has 100 valence electrons. The largest absolute Gasteiger partial charge is 0.481 e. The van der Waals surface area contributed by atoms with Crippen molar-refractivity contribution in [2.24, 2.45) is 0 Å². The second kappa shape index (κ2) is 5.26. The van der Waals surface area contributed by atoms with E-state index in [9.17, 15) is 9.90 Å². The molecule has 2 aromatic rings. The molecule has 1 aromatic carbocycles. The molecule has 1 N–H and O–H groups in total. The number of hydrogen-bond acceptors (Lipinski definition) is 2. The molecule has 0 amide bonds. The van der Waals surface area contributed by atoms with Crippen molar-refractivity contribution in [3.63, 3.8) is 0 Å². The van der Waals surface area contributed by atoms with Gasteiger partial charge in [-0.05, 0) is 31.9 Å². The Morgan fingerprint density at radius 2 is 1.89 bits per heavy atom. The van der Waals surface area contributed by atoms with E-state index < -0.39 is 11.9 Å². The highest BCUT2D eigenvalue weighted by atomic mass is 16.4. The van der Waals surface area contributed by atoms with Crippen molar-refractivity contribution in [3.8, 4) is 0 Å². The van der Waals surface area contributed by atoms with Crippen LogP contribution in [-0.2, 0) is 11.3 Å². The van der Waals surface area contributed by atoms with Crippen LogP contribution in [0.4, 0.5) is 0 Å². The first-order valence-electron chi connectivity index (χ1n) is 6.29. The third kappa shape index (κ3) is 2.67. The Kier molecular flexibility index (Phi) is 3.69. The summed E-state index contributed by atoms with van der Waals surface area (Å²) < 4.78 is 1.79. The van der Waals surface area contributed by atoms with E-state index in [0.29, 0.717) is 6.54 Å². The fourth-order valence-electron chi connectivity index (χ4n) is 2.15. The smallest absolute Gasteiger partial charge is 0.312 e. The summed E-state index contributed by atoms with van der Waals surface area (Å²) >= 11 is 0. The Hall–Kier alpha value is -2.10. The molecule has 0 aliphatic rings. The lowest BCUT2D eigenvalue weighted by atomic mass is 9.99. The van der Waals surface area contributed by atoms with E-state index >= 15 is 0 Å². The quantitative estimate of drug-likeness (QED) is 0.917. The summed E-state index contributed by atoms with van der Waals surface area (Å²) in [5, 5.41) is 13.8. The maximum absolute atomic E-state index is 11.5. The molecule has 1 atom stereocenters. The molecule has 4 heteroatoms. The van der Waals surface area contributed by atoms with E-state index in [-0.39, 0.29) is 0 Å². The van der Waals surface area contributed by atoms with E-state index in [1.165, 1.54) is 0 Å². The molecule has 4 nitrogen and oxygen atoms in total. The van der Waals surface area contributed by atoms with Crippen LogP contribution in [0.15, 0.2) is 30.3 Å². The second-order valence-electron chi connectivity index (χ2n) is 4.78. The highest BCUT2D eigenvalue weighted by Gasteiger charge is 2.22. The van der Waals surface area contributed by atoms with Crippen LogP contribution in [0.3, 0.4) is 0 Å². The Balaban J connectivity index is 2.32.